The summed E-state index contributed by atoms with van der Waals surface area (Å²) >= 11 is 0. The number of hydrogen-bond donors (Lipinski definition) is 0. The Labute approximate surface area is 371 Å². The molecule has 0 aromatic heterocycles. The molecule has 63 heavy (non-hydrogen) atoms. The SMILES string of the molecule is CC1(C)C2=C(C=CCC2)c2ccc(N(c3ccc(-c4ccc5ccccc5c4-c4ccccc4)cc3)c3ccc4c(c3)C(c3ccccc3)(c3ccccc3)c3ccccc3-4)cc21. The standard InChI is InChI=1S/C62H47N/c1-61(2)56-28-16-14-26-52(56)54-38-35-48(40-58(54)61)63(47-33-30-43(31-34-47)51-37-32-42-18-12-13-25-50(42)60(51)44-19-6-3-7-20-44)49-36-39-55-53-27-15-17-29-57(53)62(59(55)41-49,45-21-8-4-9-22-45)46-23-10-5-11-24-46/h3-15,17-27,29-41H,16,28H2,1-2H3. The van der Waals surface area contributed by atoms with Gasteiger partial charge in [-0.05, 0) is 132 Å². The molecule has 0 bridgehead atoms. The molecule has 12 rings (SSSR count). The van der Waals surface area contributed by atoms with E-state index in [4.69, 9.17) is 0 Å². The van der Waals surface area contributed by atoms with E-state index in [1.807, 2.05) is 0 Å². The van der Waals surface area contributed by atoms with E-state index in [9.17, 15) is 0 Å². The van der Waals surface area contributed by atoms with Crippen molar-refractivity contribution in [2.75, 3.05) is 4.90 Å². The van der Waals surface area contributed by atoms with Crippen molar-refractivity contribution in [3.05, 3.63) is 263 Å². The fraction of sp³-hybridized carbons (Fsp3) is 0.0968. The minimum atomic E-state index is -0.501. The lowest BCUT2D eigenvalue weighted by atomic mass is 9.67. The summed E-state index contributed by atoms with van der Waals surface area (Å²) in [5.41, 5.74) is 21.2. The molecular formula is C62H47N. The number of hydrogen-bond acceptors (Lipinski definition) is 1. The fourth-order valence-electron chi connectivity index (χ4n) is 11.4. The molecule has 9 aromatic carbocycles. The molecule has 1 nitrogen and oxygen atoms in total. The van der Waals surface area contributed by atoms with E-state index in [1.165, 1.54) is 83.1 Å². The first kappa shape index (κ1) is 37.3. The van der Waals surface area contributed by atoms with Gasteiger partial charge in [0.2, 0.25) is 0 Å². The normalized spacial score (nSPS) is 15.1. The Hall–Kier alpha value is -7.48. The topological polar surface area (TPSA) is 3.24 Å². The van der Waals surface area contributed by atoms with Gasteiger partial charge in [-0.15, -0.1) is 0 Å². The van der Waals surface area contributed by atoms with Gasteiger partial charge in [-0.1, -0.05) is 207 Å². The molecular weight excluding hydrogens is 759 g/mol. The van der Waals surface area contributed by atoms with Gasteiger partial charge in [0.05, 0.1) is 5.41 Å². The van der Waals surface area contributed by atoms with Crippen molar-refractivity contribution in [2.24, 2.45) is 0 Å². The summed E-state index contributed by atoms with van der Waals surface area (Å²) in [4.78, 5) is 2.50. The van der Waals surface area contributed by atoms with Gasteiger partial charge in [0.15, 0.2) is 0 Å². The van der Waals surface area contributed by atoms with E-state index in [0.29, 0.717) is 0 Å². The van der Waals surface area contributed by atoms with Crippen LogP contribution in [0.3, 0.4) is 0 Å². The molecule has 3 aliphatic carbocycles. The third-order valence-corrected chi connectivity index (χ3v) is 14.3. The Morgan fingerprint density at radius 1 is 0.429 bits per heavy atom. The summed E-state index contributed by atoms with van der Waals surface area (Å²) in [6.07, 6.45) is 6.93. The van der Waals surface area contributed by atoms with Crippen molar-refractivity contribution in [1.82, 2.24) is 0 Å². The Morgan fingerprint density at radius 2 is 1.00 bits per heavy atom. The molecule has 0 heterocycles. The number of allylic oxidation sites excluding steroid dienone is 4. The van der Waals surface area contributed by atoms with Crippen molar-refractivity contribution in [3.8, 4) is 33.4 Å². The molecule has 0 fully saturated rings. The fourth-order valence-corrected chi connectivity index (χ4v) is 11.4. The second kappa shape index (κ2) is 14.6. The lowest BCUT2D eigenvalue weighted by molar-refractivity contribution is 0.607. The molecule has 0 unspecified atom stereocenters. The van der Waals surface area contributed by atoms with Crippen LogP contribution in [0, 0.1) is 0 Å². The van der Waals surface area contributed by atoms with Crippen LogP contribution in [0.15, 0.2) is 230 Å². The van der Waals surface area contributed by atoms with Gasteiger partial charge in [-0.25, -0.2) is 0 Å². The monoisotopic (exact) mass is 805 g/mol. The van der Waals surface area contributed by atoms with Crippen LogP contribution < -0.4 is 4.90 Å². The first-order chi connectivity index (χ1) is 31.0. The van der Waals surface area contributed by atoms with Gasteiger partial charge in [-0.3, -0.25) is 0 Å². The highest BCUT2D eigenvalue weighted by Crippen LogP contribution is 2.58. The van der Waals surface area contributed by atoms with Crippen molar-refractivity contribution in [3.63, 3.8) is 0 Å². The van der Waals surface area contributed by atoms with Gasteiger partial charge in [0.1, 0.15) is 0 Å². The highest BCUT2D eigenvalue weighted by molar-refractivity contribution is 6.04. The van der Waals surface area contributed by atoms with Crippen LogP contribution in [0.5, 0.6) is 0 Å². The molecule has 0 amide bonds. The molecule has 0 atom stereocenters. The largest absolute Gasteiger partial charge is 0.310 e. The minimum absolute atomic E-state index is 0.0553. The van der Waals surface area contributed by atoms with Crippen molar-refractivity contribution in [2.45, 2.75) is 37.5 Å². The zero-order chi connectivity index (χ0) is 42.1. The van der Waals surface area contributed by atoms with Crippen LogP contribution in [-0.4, -0.2) is 0 Å². The van der Waals surface area contributed by atoms with E-state index in [0.717, 1.165) is 29.9 Å². The molecule has 0 saturated heterocycles. The molecule has 0 aliphatic heterocycles. The third-order valence-electron chi connectivity index (χ3n) is 14.3. The lowest BCUT2D eigenvalue weighted by Gasteiger charge is -2.35. The zero-order valence-electron chi connectivity index (χ0n) is 35.7. The summed E-state index contributed by atoms with van der Waals surface area (Å²) < 4.78 is 0. The highest BCUT2D eigenvalue weighted by atomic mass is 15.1. The Morgan fingerprint density at radius 3 is 1.73 bits per heavy atom. The van der Waals surface area contributed by atoms with E-state index < -0.39 is 5.41 Å². The van der Waals surface area contributed by atoms with Gasteiger partial charge < -0.3 is 4.90 Å². The van der Waals surface area contributed by atoms with Crippen LogP contribution in [0.2, 0.25) is 0 Å². The maximum atomic E-state index is 2.50. The zero-order valence-corrected chi connectivity index (χ0v) is 35.7. The Balaban J connectivity index is 1.07. The van der Waals surface area contributed by atoms with Crippen LogP contribution in [0.25, 0.3) is 49.7 Å². The van der Waals surface area contributed by atoms with Gasteiger partial charge in [0.25, 0.3) is 0 Å². The number of nitrogens with zero attached hydrogens (tertiary/aromatic N) is 1. The number of anilines is 3. The smallest absolute Gasteiger partial charge is 0.0714 e. The van der Waals surface area contributed by atoms with E-state index in [1.54, 1.807) is 5.57 Å². The lowest BCUT2D eigenvalue weighted by Crippen LogP contribution is -2.28. The summed E-state index contributed by atoms with van der Waals surface area (Å²) in [5.74, 6) is 0. The molecule has 300 valence electrons. The van der Waals surface area contributed by atoms with E-state index >= 15 is 0 Å². The van der Waals surface area contributed by atoms with E-state index in [-0.39, 0.29) is 5.41 Å². The van der Waals surface area contributed by atoms with Crippen LogP contribution in [-0.2, 0) is 10.8 Å². The number of benzene rings is 9. The molecule has 3 aliphatic rings. The quantitative estimate of drug-likeness (QED) is 0.155. The molecule has 0 radical (unpaired) electrons. The van der Waals surface area contributed by atoms with Crippen molar-refractivity contribution < 1.29 is 0 Å². The highest BCUT2D eigenvalue weighted by Gasteiger charge is 2.46. The predicted molar refractivity (Wildman–Crippen MR) is 265 cm³/mol. The maximum Gasteiger partial charge on any atom is 0.0714 e. The number of rotatable bonds is 7. The summed E-state index contributed by atoms with van der Waals surface area (Å²) in [6.45, 7) is 4.84. The molecule has 9 aromatic rings. The van der Waals surface area contributed by atoms with Gasteiger partial charge in [-0.2, -0.15) is 0 Å². The first-order valence-electron chi connectivity index (χ1n) is 22.4. The summed E-state index contributed by atoms with van der Waals surface area (Å²) in [5, 5.41) is 2.51. The number of fused-ring (bicyclic) bond motifs is 6. The third kappa shape index (κ3) is 5.69. The van der Waals surface area contributed by atoms with Crippen molar-refractivity contribution in [1.29, 1.82) is 0 Å². The molecule has 0 saturated carbocycles. The maximum absolute atomic E-state index is 2.50. The predicted octanol–water partition coefficient (Wildman–Crippen LogP) is 16.4. The first-order valence-corrected chi connectivity index (χ1v) is 22.4. The van der Waals surface area contributed by atoms with Crippen molar-refractivity contribution >= 4 is 33.4 Å². The second-order valence-electron chi connectivity index (χ2n) is 17.9. The Kier molecular flexibility index (Phi) is 8.63. The Bertz CT molecular complexity index is 3240. The minimum Gasteiger partial charge on any atom is -0.310 e. The molecule has 0 spiro atoms. The molecule has 1 heteroatoms. The summed E-state index contributed by atoms with van der Waals surface area (Å²) in [7, 11) is 0. The van der Waals surface area contributed by atoms with Crippen LogP contribution >= 0.6 is 0 Å². The van der Waals surface area contributed by atoms with Gasteiger partial charge >= 0.3 is 0 Å². The van der Waals surface area contributed by atoms with E-state index in [2.05, 4.69) is 243 Å². The average molecular weight is 806 g/mol. The van der Waals surface area contributed by atoms with Gasteiger partial charge in [0, 0.05) is 22.5 Å². The average Bonchev–Trinajstić information content (AvgIpc) is 3.77. The second-order valence-corrected chi connectivity index (χ2v) is 17.9. The summed E-state index contributed by atoms with van der Waals surface area (Å²) in [6, 6.07) is 79.2. The van der Waals surface area contributed by atoms with Crippen LogP contribution in [0.1, 0.15) is 60.1 Å². The molecule has 0 N–H and O–H groups in total. The van der Waals surface area contributed by atoms with Crippen LogP contribution in [0.4, 0.5) is 17.1 Å².